The van der Waals surface area contributed by atoms with Gasteiger partial charge in [0, 0.05) is 0 Å². The van der Waals surface area contributed by atoms with Gasteiger partial charge in [-0.15, -0.1) is 9.05 Å². The molecule has 6 nitrogen and oxygen atoms in total. The Balaban J connectivity index is -0.0000000146. The van der Waals surface area contributed by atoms with Gasteiger partial charge in [-0.2, -0.15) is 0 Å². The van der Waals surface area contributed by atoms with E-state index in [-0.39, 0.29) is 118 Å². The smallest absolute Gasteiger partial charge is 0.780 e. The van der Waals surface area contributed by atoms with Crippen molar-refractivity contribution in [3.63, 3.8) is 0 Å². The summed E-state index contributed by atoms with van der Waals surface area (Å²) in [5.74, 6) is 0. The van der Waals surface area contributed by atoms with E-state index in [1.54, 1.807) is 0 Å². The number of rotatable bonds is 0. The summed E-state index contributed by atoms with van der Waals surface area (Å²) in [5, 5.41) is 16.7. The summed E-state index contributed by atoms with van der Waals surface area (Å²) < 4.78 is 26.7. The van der Waals surface area contributed by atoms with E-state index in [0.717, 1.165) is 0 Å². The van der Waals surface area contributed by atoms with Crippen molar-refractivity contribution in [2.75, 3.05) is 0 Å². The predicted octanol–water partition coefficient (Wildman–Crippen LogP) is -15.4. The van der Waals surface area contributed by atoms with Crippen LogP contribution in [-0.4, -0.2) is 19.5 Å². The molecule has 0 atom stereocenters. The Morgan fingerprint density at radius 2 is 1.00 bits per heavy atom. The second-order valence-electron chi connectivity index (χ2n) is 0.658. The summed E-state index contributed by atoms with van der Waals surface area (Å²) in [5.41, 5.74) is 0. The first kappa shape index (κ1) is 36.0. The third kappa shape index (κ3) is 226. The molecule has 0 spiro atoms. The monoisotopic (exact) mass is 264 g/mol. The second-order valence-corrected chi connectivity index (χ2v) is 2.70. The molecule has 0 aliphatic rings. The van der Waals surface area contributed by atoms with Crippen LogP contribution < -0.4 is 128 Å². The fraction of sp³-hybridized carbons (Fsp3) is 0. The SMILES string of the molecule is O=C([O-])[O-].O=S([O-])([O-])=S.[Na+].[Na+].[Na+].[Na+]. The minimum absolute atomic E-state index is 0. The average molecular weight is 264 g/mol. The molecule has 0 unspecified atom stereocenters. The van der Waals surface area contributed by atoms with Crippen molar-refractivity contribution in [3.05, 3.63) is 0 Å². The number of carbonyl (C=O) groups is 1. The van der Waals surface area contributed by atoms with Crippen LogP contribution in [0.3, 0.4) is 0 Å². The van der Waals surface area contributed by atoms with Crippen LogP contribution in [0.1, 0.15) is 0 Å². The zero-order valence-electron chi connectivity index (χ0n) is 7.77. The van der Waals surface area contributed by atoms with Crippen molar-refractivity contribution in [2.45, 2.75) is 0 Å². The number of carboxylic acid groups (broad SMARTS) is 2. The molecule has 0 radical (unpaired) electrons. The zero-order valence-corrected chi connectivity index (χ0v) is 17.4. The predicted molar refractivity (Wildman–Crippen MR) is 22.5 cm³/mol. The first-order chi connectivity index (χ1) is 3.73. The molecule has 0 bridgehead atoms. The molecule has 0 amide bonds. The fourth-order valence-electron chi connectivity index (χ4n) is 0. The topological polar surface area (TPSA) is 126 Å². The molecule has 13 heavy (non-hydrogen) atoms. The molecule has 0 aliphatic heterocycles. The van der Waals surface area contributed by atoms with Gasteiger partial charge in [0.1, 0.15) is 0 Å². The average Bonchev–Trinajstić information content (AvgIpc) is 1.19. The maximum absolute atomic E-state index is 8.89. The minimum Gasteiger partial charge on any atom is -0.780 e. The Morgan fingerprint density at radius 3 is 1.00 bits per heavy atom. The van der Waals surface area contributed by atoms with Gasteiger partial charge in [-0.05, 0) is 17.3 Å². The summed E-state index contributed by atoms with van der Waals surface area (Å²) in [6.45, 7) is 0. The summed E-state index contributed by atoms with van der Waals surface area (Å²) in [4.78, 5) is 8.33. The Kier molecular flexibility index (Phi) is 57.8. The third-order valence-electron chi connectivity index (χ3n) is 0. The normalized spacial score (nSPS) is 6.31. The molecule has 0 heterocycles. The molecule has 0 N–H and O–H groups in total. The van der Waals surface area contributed by atoms with Crippen LogP contribution in [0.4, 0.5) is 4.79 Å². The maximum atomic E-state index is 8.89. The van der Waals surface area contributed by atoms with Crippen LogP contribution >= 0.6 is 0 Å². The van der Waals surface area contributed by atoms with E-state index in [2.05, 4.69) is 11.2 Å². The third-order valence-corrected chi connectivity index (χ3v) is 0. The van der Waals surface area contributed by atoms with Crippen LogP contribution in [0.2, 0.25) is 0 Å². The molecule has 0 fully saturated rings. The van der Waals surface area contributed by atoms with Crippen molar-refractivity contribution in [1.29, 1.82) is 0 Å². The van der Waals surface area contributed by atoms with Crippen LogP contribution in [-0.2, 0) is 20.2 Å². The van der Waals surface area contributed by atoms with Crippen LogP contribution in [0.25, 0.3) is 0 Å². The molecule has 12 heteroatoms. The molecule has 0 saturated heterocycles. The van der Waals surface area contributed by atoms with Gasteiger partial charge in [0.25, 0.3) is 0 Å². The number of hydrogen-bond donors (Lipinski definition) is 0. The van der Waals surface area contributed by atoms with Gasteiger partial charge >= 0.3 is 118 Å². The molecule has 0 saturated carbocycles. The van der Waals surface area contributed by atoms with E-state index < -0.39 is 15.2 Å². The van der Waals surface area contributed by atoms with E-state index >= 15 is 0 Å². The van der Waals surface area contributed by atoms with Gasteiger partial charge in [-0.25, -0.2) is 0 Å². The van der Waals surface area contributed by atoms with E-state index in [4.69, 9.17) is 28.3 Å². The molecular weight excluding hydrogens is 264 g/mol. The molecule has 0 rings (SSSR count). The second kappa shape index (κ2) is 20.9. The molecular formula is CNa4O6S2. The van der Waals surface area contributed by atoms with E-state index in [1.165, 1.54) is 0 Å². The Morgan fingerprint density at radius 1 is 1.00 bits per heavy atom. The largest absolute Gasteiger partial charge is 1.00 e. The number of hydrogen-bond acceptors (Lipinski definition) is 7. The van der Waals surface area contributed by atoms with Gasteiger partial charge < -0.3 is 24.1 Å². The first-order valence-electron chi connectivity index (χ1n) is 1.28. The maximum Gasteiger partial charge on any atom is 1.00 e. The molecule has 0 aromatic carbocycles. The summed E-state index contributed by atoms with van der Waals surface area (Å²) in [6.07, 6.45) is -2.33. The van der Waals surface area contributed by atoms with Crippen molar-refractivity contribution < 1.29 is 147 Å². The van der Waals surface area contributed by atoms with Gasteiger partial charge in [0.05, 0.1) is 0 Å². The zero-order chi connectivity index (χ0) is 8.08. The van der Waals surface area contributed by atoms with Crippen LogP contribution in [0.5, 0.6) is 0 Å². The Labute approximate surface area is 169 Å². The summed E-state index contributed by atoms with van der Waals surface area (Å²) >= 11 is 3.24. The summed E-state index contributed by atoms with van der Waals surface area (Å²) in [6, 6.07) is 0. The van der Waals surface area contributed by atoms with Crippen molar-refractivity contribution >= 4 is 26.4 Å². The van der Waals surface area contributed by atoms with Crippen molar-refractivity contribution in [2.24, 2.45) is 0 Å². The number of carbonyl (C=O) groups excluding carboxylic acids is 1. The van der Waals surface area contributed by atoms with Gasteiger partial charge in [-0.3, -0.25) is 4.21 Å². The molecule has 0 aromatic rings. The van der Waals surface area contributed by atoms with Gasteiger partial charge in [-0.1, -0.05) is 0 Å². The van der Waals surface area contributed by atoms with Crippen molar-refractivity contribution in [3.8, 4) is 0 Å². The molecule has 0 aliphatic carbocycles. The molecule has 56 valence electrons. The van der Waals surface area contributed by atoms with Crippen molar-refractivity contribution in [1.82, 2.24) is 0 Å². The van der Waals surface area contributed by atoms with Crippen LogP contribution in [0, 0.1) is 0 Å². The molecule has 0 aromatic heterocycles. The minimum atomic E-state index is -4.33. The summed E-state index contributed by atoms with van der Waals surface area (Å²) in [7, 11) is -4.33. The first-order valence-corrected chi connectivity index (χ1v) is 3.61. The van der Waals surface area contributed by atoms with Gasteiger partial charge in [0.2, 0.25) is 0 Å². The van der Waals surface area contributed by atoms with E-state index in [1.807, 2.05) is 0 Å². The van der Waals surface area contributed by atoms with Gasteiger partial charge in [0.15, 0.2) is 0 Å². The standard InChI is InChI=1S/CH2O3.4Na.H2O3S2/c2-1(3)4;;;;;1-5(2,3)4/h(H2,2,3,4);;;;;(H2,1,2,3,4)/q;4*+1;/p-4. The fourth-order valence-corrected chi connectivity index (χ4v) is 0. The Bertz CT molecular complexity index is 165. The quantitative estimate of drug-likeness (QED) is 0.397. The van der Waals surface area contributed by atoms with E-state index in [0.29, 0.717) is 0 Å². The van der Waals surface area contributed by atoms with E-state index in [9.17, 15) is 0 Å². The Hall–Kier alpha value is 3.56. The van der Waals surface area contributed by atoms with Crippen LogP contribution in [0.15, 0.2) is 0 Å².